The number of thioether (sulfide) groups is 1. The zero-order chi connectivity index (χ0) is 11.9. The van der Waals surface area contributed by atoms with Crippen molar-refractivity contribution in [3.63, 3.8) is 0 Å². The molecule has 90 valence electrons. The number of nitrogens with two attached hydrogens (primary N) is 1. The van der Waals surface area contributed by atoms with Gasteiger partial charge in [-0.25, -0.2) is 0 Å². The summed E-state index contributed by atoms with van der Waals surface area (Å²) in [6.07, 6.45) is 0.485. The van der Waals surface area contributed by atoms with Crippen LogP contribution in [0.1, 0.15) is 27.2 Å². The van der Waals surface area contributed by atoms with E-state index in [1.54, 1.807) is 11.8 Å². The van der Waals surface area contributed by atoms with Gasteiger partial charge in [-0.1, -0.05) is 20.8 Å². The Hall–Kier alpha value is -0.260. The first-order valence-corrected chi connectivity index (χ1v) is 6.12. The minimum Gasteiger partial charge on any atom is -0.480 e. The molecule has 0 saturated carbocycles. The quantitative estimate of drug-likeness (QED) is 0.517. The molecular formula is C10H21NO3S. The average molecular weight is 235 g/mol. The van der Waals surface area contributed by atoms with E-state index in [2.05, 4.69) is 20.8 Å². The Morgan fingerprint density at radius 2 is 2.13 bits per heavy atom. The van der Waals surface area contributed by atoms with Gasteiger partial charge in [0.25, 0.3) is 0 Å². The fraction of sp³-hybridized carbons (Fsp3) is 0.900. The van der Waals surface area contributed by atoms with E-state index in [-0.39, 0.29) is 5.41 Å². The summed E-state index contributed by atoms with van der Waals surface area (Å²) in [7, 11) is 0. The molecule has 15 heavy (non-hydrogen) atoms. The van der Waals surface area contributed by atoms with Crippen molar-refractivity contribution in [1.82, 2.24) is 0 Å². The van der Waals surface area contributed by atoms with E-state index in [1.165, 1.54) is 0 Å². The van der Waals surface area contributed by atoms with Crippen LogP contribution in [0.2, 0.25) is 0 Å². The lowest BCUT2D eigenvalue weighted by Crippen LogP contribution is -2.30. The molecule has 0 rings (SSSR count). The zero-order valence-electron chi connectivity index (χ0n) is 9.66. The van der Waals surface area contributed by atoms with Crippen LogP contribution < -0.4 is 5.73 Å². The summed E-state index contributed by atoms with van der Waals surface area (Å²) in [6.45, 7) is 7.04. The maximum Gasteiger partial charge on any atom is 0.320 e. The van der Waals surface area contributed by atoms with Gasteiger partial charge in [0.1, 0.15) is 6.04 Å². The van der Waals surface area contributed by atoms with Crippen molar-refractivity contribution >= 4 is 17.7 Å². The van der Waals surface area contributed by atoms with Crippen LogP contribution in [-0.2, 0) is 9.53 Å². The Balaban J connectivity index is 3.29. The molecule has 0 aliphatic heterocycles. The van der Waals surface area contributed by atoms with E-state index in [4.69, 9.17) is 15.6 Å². The highest BCUT2D eigenvalue weighted by Gasteiger charge is 2.11. The summed E-state index contributed by atoms with van der Waals surface area (Å²) in [5, 5.41) is 8.53. The van der Waals surface area contributed by atoms with Crippen molar-refractivity contribution in [3.05, 3.63) is 0 Å². The van der Waals surface area contributed by atoms with Gasteiger partial charge in [0.2, 0.25) is 0 Å². The SMILES string of the molecule is CC(C)(C)COCSCC[C@H](N)C(=O)O. The monoisotopic (exact) mass is 235 g/mol. The molecular weight excluding hydrogens is 214 g/mol. The van der Waals surface area contributed by atoms with Crippen molar-refractivity contribution in [2.75, 3.05) is 18.3 Å². The van der Waals surface area contributed by atoms with E-state index >= 15 is 0 Å². The van der Waals surface area contributed by atoms with Gasteiger partial charge in [0, 0.05) is 0 Å². The van der Waals surface area contributed by atoms with Gasteiger partial charge in [-0.3, -0.25) is 4.79 Å². The lowest BCUT2D eigenvalue weighted by atomic mass is 9.99. The number of carbonyl (C=O) groups is 1. The Bertz CT molecular complexity index is 192. The second-order valence-electron chi connectivity index (χ2n) is 4.67. The lowest BCUT2D eigenvalue weighted by Gasteiger charge is -2.17. The number of hydrogen-bond donors (Lipinski definition) is 2. The highest BCUT2D eigenvalue weighted by Crippen LogP contribution is 2.14. The molecule has 5 heteroatoms. The number of hydrogen-bond acceptors (Lipinski definition) is 4. The molecule has 0 aliphatic carbocycles. The smallest absolute Gasteiger partial charge is 0.320 e. The summed E-state index contributed by atoms with van der Waals surface area (Å²) >= 11 is 1.57. The van der Waals surface area contributed by atoms with Crippen LogP contribution in [0.25, 0.3) is 0 Å². The molecule has 0 spiro atoms. The maximum absolute atomic E-state index is 10.4. The van der Waals surface area contributed by atoms with Gasteiger partial charge >= 0.3 is 5.97 Å². The standard InChI is InChI=1S/C10H21NO3S/c1-10(2,3)6-14-7-15-5-4-8(11)9(12)13/h8H,4-7,11H2,1-3H3,(H,12,13)/t8-/m0/s1. The molecule has 4 nitrogen and oxygen atoms in total. The highest BCUT2D eigenvalue weighted by atomic mass is 32.2. The third-order valence-electron chi connectivity index (χ3n) is 1.59. The van der Waals surface area contributed by atoms with Crippen LogP contribution in [-0.4, -0.2) is 35.4 Å². The second-order valence-corrected chi connectivity index (χ2v) is 5.72. The molecule has 0 saturated heterocycles. The van der Waals surface area contributed by atoms with E-state index in [1.807, 2.05) is 0 Å². The third-order valence-corrected chi connectivity index (χ3v) is 2.45. The van der Waals surface area contributed by atoms with Gasteiger partial charge in [-0.05, 0) is 17.6 Å². The van der Waals surface area contributed by atoms with Crippen LogP contribution in [0.3, 0.4) is 0 Å². The Labute approximate surface area is 95.6 Å². The fourth-order valence-electron chi connectivity index (χ4n) is 0.799. The Morgan fingerprint density at radius 3 is 2.60 bits per heavy atom. The van der Waals surface area contributed by atoms with Gasteiger partial charge in [-0.2, -0.15) is 0 Å². The number of aliphatic carboxylic acids is 1. The first-order valence-electron chi connectivity index (χ1n) is 4.97. The fourth-order valence-corrected chi connectivity index (χ4v) is 1.54. The molecule has 0 aromatic carbocycles. The zero-order valence-corrected chi connectivity index (χ0v) is 10.5. The number of ether oxygens (including phenoxy) is 1. The molecule has 0 heterocycles. The van der Waals surface area contributed by atoms with Crippen molar-refractivity contribution in [3.8, 4) is 0 Å². The number of carboxylic acid groups (broad SMARTS) is 1. The molecule has 0 aromatic heterocycles. The average Bonchev–Trinajstić information content (AvgIpc) is 2.08. The van der Waals surface area contributed by atoms with Crippen molar-refractivity contribution < 1.29 is 14.6 Å². The van der Waals surface area contributed by atoms with Gasteiger partial charge in [0.05, 0.1) is 12.5 Å². The topological polar surface area (TPSA) is 72.5 Å². The molecule has 1 atom stereocenters. The summed E-state index contributed by atoms with van der Waals surface area (Å²) in [6, 6.07) is -0.750. The van der Waals surface area contributed by atoms with Crippen LogP contribution in [0.4, 0.5) is 0 Å². The van der Waals surface area contributed by atoms with Crippen molar-refractivity contribution in [2.24, 2.45) is 11.1 Å². The van der Waals surface area contributed by atoms with E-state index in [9.17, 15) is 4.79 Å². The molecule has 0 fully saturated rings. The minimum atomic E-state index is -0.939. The van der Waals surface area contributed by atoms with Crippen LogP contribution in [0.5, 0.6) is 0 Å². The first kappa shape index (κ1) is 14.7. The molecule has 0 aromatic rings. The number of rotatable bonds is 7. The second kappa shape index (κ2) is 7.09. The normalized spacial score (nSPS) is 13.9. The van der Waals surface area contributed by atoms with E-state index in [0.717, 1.165) is 5.75 Å². The van der Waals surface area contributed by atoms with Gasteiger partial charge in [0.15, 0.2) is 0 Å². The molecule has 0 bridgehead atoms. The van der Waals surface area contributed by atoms with Crippen LogP contribution >= 0.6 is 11.8 Å². The summed E-state index contributed by atoms with van der Waals surface area (Å²) in [4.78, 5) is 10.4. The Kier molecular flexibility index (Phi) is 6.96. The maximum atomic E-state index is 10.4. The van der Waals surface area contributed by atoms with Crippen molar-refractivity contribution in [1.29, 1.82) is 0 Å². The summed E-state index contributed by atoms with van der Waals surface area (Å²) in [5.41, 5.74) is 5.53. The predicted molar refractivity (Wildman–Crippen MR) is 63.0 cm³/mol. The predicted octanol–water partition coefficient (Wildman–Crippen LogP) is 1.54. The Morgan fingerprint density at radius 1 is 1.53 bits per heavy atom. The van der Waals surface area contributed by atoms with E-state index in [0.29, 0.717) is 19.0 Å². The molecule has 3 N–H and O–H groups in total. The first-order chi connectivity index (χ1) is 6.83. The molecule has 0 radical (unpaired) electrons. The van der Waals surface area contributed by atoms with Gasteiger partial charge < -0.3 is 15.6 Å². The largest absolute Gasteiger partial charge is 0.480 e. The van der Waals surface area contributed by atoms with Crippen LogP contribution in [0, 0.1) is 5.41 Å². The highest BCUT2D eigenvalue weighted by molar-refractivity contribution is 7.99. The van der Waals surface area contributed by atoms with E-state index < -0.39 is 12.0 Å². The molecule has 0 amide bonds. The minimum absolute atomic E-state index is 0.179. The number of carboxylic acids is 1. The van der Waals surface area contributed by atoms with Crippen LogP contribution in [0.15, 0.2) is 0 Å². The third kappa shape index (κ3) is 10.0. The summed E-state index contributed by atoms with van der Waals surface area (Å²) < 4.78 is 5.42. The van der Waals surface area contributed by atoms with Crippen molar-refractivity contribution in [2.45, 2.75) is 33.2 Å². The molecule has 0 unspecified atom stereocenters. The molecule has 0 aliphatic rings. The summed E-state index contributed by atoms with van der Waals surface area (Å²) in [5.74, 6) is 0.382. The van der Waals surface area contributed by atoms with Gasteiger partial charge in [-0.15, -0.1) is 11.8 Å². The lowest BCUT2D eigenvalue weighted by molar-refractivity contribution is -0.138.